The molecule has 0 radical (unpaired) electrons. The van der Waals surface area contributed by atoms with Crippen LogP contribution in [0.3, 0.4) is 0 Å². The van der Waals surface area contributed by atoms with Crippen molar-refractivity contribution in [3.8, 4) is 10.6 Å². The van der Waals surface area contributed by atoms with Crippen molar-refractivity contribution in [3.05, 3.63) is 40.7 Å². The van der Waals surface area contributed by atoms with Crippen molar-refractivity contribution in [1.29, 1.82) is 0 Å². The Balaban J connectivity index is 2.08. The van der Waals surface area contributed by atoms with Crippen LogP contribution in [0.2, 0.25) is 0 Å². The molecule has 3 rings (SSSR count). The van der Waals surface area contributed by atoms with Crippen LogP contribution in [0.1, 0.15) is 28.2 Å². The summed E-state index contributed by atoms with van der Waals surface area (Å²) in [4.78, 5) is 16.9. The lowest BCUT2D eigenvalue weighted by Gasteiger charge is -2.06. The molecule has 0 saturated heterocycles. The fourth-order valence-corrected chi connectivity index (χ4v) is 3.09. The molecule has 1 heterocycles. The van der Waals surface area contributed by atoms with E-state index in [1.165, 1.54) is 23.5 Å². The quantitative estimate of drug-likeness (QED) is 0.772. The maximum atomic E-state index is 13.1. The van der Waals surface area contributed by atoms with E-state index in [4.69, 9.17) is 0 Å². The zero-order chi connectivity index (χ0) is 11.8. The van der Waals surface area contributed by atoms with Crippen molar-refractivity contribution in [2.75, 3.05) is 0 Å². The molecule has 0 N–H and O–H groups in total. The van der Waals surface area contributed by atoms with E-state index < -0.39 is 0 Å². The fourth-order valence-electron chi connectivity index (χ4n) is 2.01. The molecule has 2 aromatic rings. The summed E-state index contributed by atoms with van der Waals surface area (Å²) < 4.78 is 13.1. The van der Waals surface area contributed by atoms with Crippen molar-refractivity contribution in [3.63, 3.8) is 0 Å². The Bertz CT molecular complexity index is 591. The van der Waals surface area contributed by atoms with E-state index in [9.17, 15) is 9.18 Å². The van der Waals surface area contributed by atoms with Gasteiger partial charge < -0.3 is 0 Å². The SMILES string of the molecule is O=C1CCCc2nc(-c3cccc(F)c3)sc21. The number of fused-ring (bicyclic) bond motifs is 1. The largest absolute Gasteiger partial charge is 0.293 e. The number of hydrogen-bond acceptors (Lipinski definition) is 3. The number of rotatable bonds is 1. The molecular weight excluding hydrogens is 237 g/mol. The highest BCUT2D eigenvalue weighted by atomic mass is 32.1. The number of Topliss-reactive ketones (excluding diaryl/α,β-unsaturated/α-hetero) is 1. The first-order valence-electron chi connectivity index (χ1n) is 5.53. The zero-order valence-corrected chi connectivity index (χ0v) is 9.89. The van der Waals surface area contributed by atoms with E-state index in [-0.39, 0.29) is 11.6 Å². The smallest absolute Gasteiger partial charge is 0.174 e. The van der Waals surface area contributed by atoms with Crippen molar-refractivity contribution in [2.45, 2.75) is 19.3 Å². The molecular formula is C13H10FNOS. The lowest BCUT2D eigenvalue weighted by Crippen LogP contribution is -2.07. The van der Waals surface area contributed by atoms with Crippen molar-refractivity contribution >= 4 is 17.1 Å². The summed E-state index contributed by atoms with van der Waals surface area (Å²) >= 11 is 1.38. The van der Waals surface area contributed by atoms with E-state index in [2.05, 4.69) is 4.98 Å². The summed E-state index contributed by atoms with van der Waals surface area (Å²) in [6.07, 6.45) is 2.34. The highest BCUT2D eigenvalue weighted by Crippen LogP contribution is 2.32. The number of ketones is 1. The molecule has 1 aromatic heterocycles. The van der Waals surface area contributed by atoms with Crippen molar-refractivity contribution in [2.24, 2.45) is 0 Å². The molecule has 0 atom stereocenters. The normalized spacial score (nSPS) is 14.8. The molecule has 4 heteroatoms. The molecule has 1 aliphatic rings. The van der Waals surface area contributed by atoms with E-state index >= 15 is 0 Å². The molecule has 0 fully saturated rings. The number of carbonyl (C=O) groups is 1. The molecule has 0 saturated carbocycles. The minimum absolute atomic E-state index is 0.173. The van der Waals surface area contributed by atoms with Gasteiger partial charge in [-0.3, -0.25) is 4.79 Å². The van der Waals surface area contributed by atoms with Gasteiger partial charge in [-0.2, -0.15) is 0 Å². The third-order valence-electron chi connectivity index (χ3n) is 2.84. The number of carbonyl (C=O) groups excluding carboxylic acids is 1. The van der Waals surface area contributed by atoms with Crippen LogP contribution >= 0.6 is 11.3 Å². The van der Waals surface area contributed by atoms with Crippen LogP contribution in [-0.4, -0.2) is 10.8 Å². The summed E-state index contributed by atoms with van der Waals surface area (Å²) in [6.45, 7) is 0. The third kappa shape index (κ3) is 1.89. The third-order valence-corrected chi connectivity index (χ3v) is 4.03. The number of thiazole rings is 1. The number of aromatic nitrogens is 1. The van der Waals surface area contributed by atoms with Gasteiger partial charge in [-0.05, 0) is 25.0 Å². The minimum Gasteiger partial charge on any atom is -0.293 e. The zero-order valence-electron chi connectivity index (χ0n) is 9.07. The van der Waals surface area contributed by atoms with Crippen LogP contribution in [0.25, 0.3) is 10.6 Å². The van der Waals surface area contributed by atoms with Crippen LogP contribution < -0.4 is 0 Å². The van der Waals surface area contributed by atoms with Gasteiger partial charge in [0.05, 0.1) is 10.6 Å². The maximum absolute atomic E-state index is 13.1. The summed E-state index contributed by atoms with van der Waals surface area (Å²) in [6, 6.07) is 6.33. The number of nitrogens with zero attached hydrogens (tertiary/aromatic N) is 1. The molecule has 0 aliphatic heterocycles. The Labute approximate surface area is 102 Å². The van der Waals surface area contributed by atoms with E-state index in [1.807, 2.05) is 6.07 Å². The van der Waals surface area contributed by atoms with Gasteiger partial charge in [-0.15, -0.1) is 11.3 Å². The van der Waals surface area contributed by atoms with Gasteiger partial charge in [0.2, 0.25) is 0 Å². The molecule has 1 aliphatic carbocycles. The molecule has 0 spiro atoms. The first-order valence-corrected chi connectivity index (χ1v) is 6.34. The lowest BCUT2D eigenvalue weighted by molar-refractivity contribution is 0.0976. The Morgan fingerprint density at radius 3 is 2.94 bits per heavy atom. The van der Waals surface area contributed by atoms with Crippen LogP contribution in [-0.2, 0) is 6.42 Å². The van der Waals surface area contributed by atoms with Gasteiger partial charge in [0.1, 0.15) is 10.8 Å². The second kappa shape index (κ2) is 4.04. The van der Waals surface area contributed by atoms with Crippen molar-refractivity contribution in [1.82, 2.24) is 4.98 Å². The van der Waals surface area contributed by atoms with Gasteiger partial charge in [0, 0.05) is 12.0 Å². The second-order valence-corrected chi connectivity index (χ2v) is 5.08. The Morgan fingerprint density at radius 2 is 2.18 bits per heavy atom. The standard InChI is InChI=1S/C13H10FNOS/c14-9-4-1-3-8(7-9)13-15-10-5-2-6-11(16)12(10)17-13/h1,3-4,7H,2,5-6H2. The molecule has 86 valence electrons. The molecule has 0 bridgehead atoms. The Morgan fingerprint density at radius 1 is 1.29 bits per heavy atom. The number of aryl methyl sites for hydroxylation is 1. The highest BCUT2D eigenvalue weighted by molar-refractivity contribution is 7.17. The molecule has 1 aromatic carbocycles. The molecule has 2 nitrogen and oxygen atoms in total. The second-order valence-electron chi connectivity index (χ2n) is 4.08. The summed E-state index contributed by atoms with van der Waals surface area (Å²) in [5.41, 5.74) is 1.63. The monoisotopic (exact) mass is 247 g/mol. The van der Waals surface area contributed by atoms with Crippen molar-refractivity contribution < 1.29 is 9.18 Å². The number of benzene rings is 1. The first-order chi connectivity index (χ1) is 8.24. The summed E-state index contributed by atoms with van der Waals surface area (Å²) in [7, 11) is 0. The highest BCUT2D eigenvalue weighted by Gasteiger charge is 2.22. The maximum Gasteiger partial charge on any atom is 0.174 e. The summed E-state index contributed by atoms with van der Waals surface area (Å²) in [5, 5.41) is 0.741. The predicted molar refractivity (Wildman–Crippen MR) is 64.8 cm³/mol. The molecule has 17 heavy (non-hydrogen) atoms. The minimum atomic E-state index is -0.276. The van der Waals surface area contributed by atoms with Gasteiger partial charge in [0.25, 0.3) is 0 Å². The Kier molecular flexibility index (Phi) is 2.52. The summed E-state index contributed by atoms with van der Waals surface area (Å²) in [5.74, 6) is -0.103. The predicted octanol–water partition coefficient (Wildman–Crippen LogP) is 3.47. The molecule has 0 amide bonds. The van der Waals surface area contributed by atoms with Gasteiger partial charge in [0.15, 0.2) is 5.78 Å². The van der Waals surface area contributed by atoms with Gasteiger partial charge in [-0.1, -0.05) is 12.1 Å². The van der Waals surface area contributed by atoms with Crippen LogP contribution in [0.15, 0.2) is 24.3 Å². The van der Waals surface area contributed by atoms with E-state index in [1.54, 1.807) is 6.07 Å². The molecule has 0 unspecified atom stereocenters. The fraction of sp³-hybridized carbons (Fsp3) is 0.231. The number of hydrogen-bond donors (Lipinski definition) is 0. The average Bonchev–Trinajstić information content (AvgIpc) is 2.74. The number of halogens is 1. The van der Waals surface area contributed by atoms with Crippen LogP contribution in [0, 0.1) is 5.82 Å². The first kappa shape index (κ1) is 10.6. The Hall–Kier alpha value is -1.55. The van der Waals surface area contributed by atoms with E-state index in [0.717, 1.165) is 34.0 Å². The van der Waals surface area contributed by atoms with Crippen LogP contribution in [0.5, 0.6) is 0 Å². The van der Waals surface area contributed by atoms with E-state index in [0.29, 0.717) is 6.42 Å². The van der Waals surface area contributed by atoms with Gasteiger partial charge >= 0.3 is 0 Å². The topological polar surface area (TPSA) is 30.0 Å². The lowest BCUT2D eigenvalue weighted by atomic mass is 10.0. The average molecular weight is 247 g/mol. The van der Waals surface area contributed by atoms with Crippen LogP contribution in [0.4, 0.5) is 4.39 Å². The van der Waals surface area contributed by atoms with Gasteiger partial charge in [-0.25, -0.2) is 9.37 Å².